The number of carbonyl (C=O) groups is 2. The van der Waals surface area contributed by atoms with Gasteiger partial charge in [-0.1, -0.05) is 39.8 Å². The molecule has 0 saturated carbocycles. The lowest BCUT2D eigenvalue weighted by Crippen LogP contribution is -2.39. The summed E-state index contributed by atoms with van der Waals surface area (Å²) in [5.74, 6) is -2.65. The minimum absolute atomic E-state index is 0.482. The highest BCUT2D eigenvalue weighted by atomic mass is 16.4. The summed E-state index contributed by atoms with van der Waals surface area (Å²) in [6.45, 7) is 7.27. The molecule has 0 bridgehead atoms. The van der Waals surface area contributed by atoms with E-state index in [9.17, 15) is 14.7 Å². The number of hydrogen-bond donors (Lipinski definition) is 2. The van der Waals surface area contributed by atoms with Crippen LogP contribution in [0.15, 0.2) is 24.3 Å². The number of aliphatic carboxylic acids is 1. The number of hydrogen-bond acceptors (Lipinski definition) is 2. The molecule has 0 radical (unpaired) electrons. The van der Waals surface area contributed by atoms with E-state index < -0.39 is 23.2 Å². The van der Waals surface area contributed by atoms with Crippen molar-refractivity contribution in [3.8, 4) is 0 Å². The maximum atomic E-state index is 12.1. The maximum absolute atomic E-state index is 12.1. The van der Waals surface area contributed by atoms with Crippen molar-refractivity contribution >= 4 is 17.6 Å². The summed E-state index contributed by atoms with van der Waals surface area (Å²) < 4.78 is 0. The molecule has 0 aromatic heterocycles. The van der Waals surface area contributed by atoms with Crippen LogP contribution in [0, 0.1) is 11.3 Å². The third kappa shape index (κ3) is 4.09. The molecule has 1 atom stereocenters. The Hall–Kier alpha value is -1.84. The number of rotatable bonds is 4. The van der Waals surface area contributed by atoms with Crippen molar-refractivity contribution in [2.45, 2.75) is 34.1 Å². The molecule has 1 amide bonds. The lowest BCUT2D eigenvalue weighted by Gasteiger charge is -2.25. The first-order chi connectivity index (χ1) is 8.75. The third-order valence-corrected chi connectivity index (χ3v) is 3.00. The van der Waals surface area contributed by atoms with Crippen LogP contribution >= 0.6 is 0 Å². The fourth-order valence-electron chi connectivity index (χ4n) is 1.91. The van der Waals surface area contributed by atoms with Crippen LogP contribution in [0.1, 0.15) is 33.3 Å². The van der Waals surface area contributed by atoms with Gasteiger partial charge in [0.05, 0.1) is 0 Å². The van der Waals surface area contributed by atoms with Crippen molar-refractivity contribution in [3.05, 3.63) is 29.8 Å². The van der Waals surface area contributed by atoms with E-state index in [2.05, 4.69) is 5.32 Å². The molecule has 19 heavy (non-hydrogen) atoms. The van der Waals surface area contributed by atoms with Crippen LogP contribution < -0.4 is 5.32 Å². The fraction of sp³-hybridized carbons (Fsp3) is 0.467. The van der Waals surface area contributed by atoms with Gasteiger partial charge in [-0.2, -0.15) is 0 Å². The van der Waals surface area contributed by atoms with Crippen LogP contribution in [-0.2, 0) is 16.0 Å². The summed E-state index contributed by atoms with van der Waals surface area (Å²) in [5, 5.41) is 11.8. The predicted molar refractivity (Wildman–Crippen MR) is 75.0 cm³/mol. The van der Waals surface area contributed by atoms with Crippen LogP contribution in [-0.4, -0.2) is 17.0 Å². The first kappa shape index (κ1) is 15.2. The maximum Gasteiger partial charge on any atom is 0.316 e. The van der Waals surface area contributed by atoms with Gasteiger partial charge in [-0.25, -0.2) is 0 Å². The van der Waals surface area contributed by atoms with E-state index in [1.54, 1.807) is 32.9 Å². The highest BCUT2D eigenvalue weighted by molar-refractivity contribution is 6.04. The van der Waals surface area contributed by atoms with Gasteiger partial charge in [0.2, 0.25) is 5.91 Å². The Labute approximate surface area is 113 Å². The summed E-state index contributed by atoms with van der Waals surface area (Å²) in [5.41, 5.74) is 1.17. The van der Waals surface area contributed by atoms with E-state index in [1.807, 2.05) is 19.1 Å². The fourth-order valence-corrected chi connectivity index (χ4v) is 1.91. The smallest absolute Gasteiger partial charge is 0.316 e. The summed E-state index contributed by atoms with van der Waals surface area (Å²) >= 11 is 0. The molecule has 0 spiro atoms. The zero-order valence-corrected chi connectivity index (χ0v) is 11.9. The molecule has 0 fully saturated rings. The second-order valence-corrected chi connectivity index (χ2v) is 5.68. The standard InChI is InChI=1S/C15H21NO3/c1-5-10-6-8-11(9-7-10)16-13(17)12(14(18)19)15(2,3)4/h6-9,12H,5H2,1-4H3,(H,16,17)(H,18,19). The van der Waals surface area contributed by atoms with E-state index in [0.717, 1.165) is 6.42 Å². The average Bonchev–Trinajstić information content (AvgIpc) is 2.27. The van der Waals surface area contributed by atoms with E-state index >= 15 is 0 Å². The Bertz CT molecular complexity index is 457. The number of carbonyl (C=O) groups excluding carboxylic acids is 1. The lowest BCUT2D eigenvalue weighted by molar-refractivity contribution is -0.149. The van der Waals surface area contributed by atoms with Crippen molar-refractivity contribution in [2.24, 2.45) is 11.3 Å². The van der Waals surface area contributed by atoms with Gasteiger partial charge in [0.25, 0.3) is 0 Å². The molecule has 1 rings (SSSR count). The summed E-state index contributed by atoms with van der Waals surface area (Å²) in [4.78, 5) is 23.3. The molecule has 1 aromatic rings. The number of amides is 1. The van der Waals surface area contributed by atoms with Gasteiger partial charge in [0, 0.05) is 5.69 Å². The Balaban J connectivity index is 2.84. The first-order valence-corrected chi connectivity index (χ1v) is 6.38. The summed E-state index contributed by atoms with van der Waals surface area (Å²) in [6.07, 6.45) is 0.925. The normalized spacial score (nSPS) is 12.8. The summed E-state index contributed by atoms with van der Waals surface area (Å²) in [6, 6.07) is 7.42. The second-order valence-electron chi connectivity index (χ2n) is 5.68. The molecule has 0 saturated heterocycles. The topological polar surface area (TPSA) is 66.4 Å². The quantitative estimate of drug-likeness (QED) is 0.821. The number of anilines is 1. The van der Waals surface area contributed by atoms with Gasteiger partial charge < -0.3 is 10.4 Å². The van der Waals surface area contributed by atoms with Crippen molar-refractivity contribution in [2.75, 3.05) is 5.32 Å². The molecule has 104 valence electrons. The Morgan fingerprint density at radius 1 is 1.21 bits per heavy atom. The van der Waals surface area contributed by atoms with Crippen molar-refractivity contribution < 1.29 is 14.7 Å². The molecule has 1 aromatic carbocycles. The molecule has 4 heteroatoms. The minimum Gasteiger partial charge on any atom is -0.481 e. The van der Waals surface area contributed by atoms with Crippen molar-refractivity contribution in [1.29, 1.82) is 0 Å². The molecule has 1 unspecified atom stereocenters. The summed E-state index contributed by atoms with van der Waals surface area (Å²) in [7, 11) is 0. The molecule has 4 nitrogen and oxygen atoms in total. The van der Waals surface area contributed by atoms with Crippen molar-refractivity contribution in [3.63, 3.8) is 0 Å². The van der Waals surface area contributed by atoms with E-state index in [0.29, 0.717) is 5.69 Å². The molecule has 0 aliphatic heterocycles. The third-order valence-electron chi connectivity index (χ3n) is 3.00. The predicted octanol–water partition coefficient (Wildman–Crippen LogP) is 2.93. The van der Waals surface area contributed by atoms with E-state index in [4.69, 9.17) is 0 Å². The van der Waals surface area contributed by atoms with E-state index in [1.165, 1.54) is 5.56 Å². The number of nitrogens with one attached hydrogen (secondary N) is 1. The molecule has 0 heterocycles. The number of carboxylic acids is 1. The number of benzene rings is 1. The second kappa shape index (κ2) is 5.87. The number of aryl methyl sites for hydroxylation is 1. The SMILES string of the molecule is CCc1ccc(NC(=O)C(C(=O)O)C(C)(C)C)cc1. The van der Waals surface area contributed by atoms with Crippen LogP contribution in [0.2, 0.25) is 0 Å². The van der Waals surface area contributed by atoms with Gasteiger partial charge in [0.1, 0.15) is 5.92 Å². The highest BCUT2D eigenvalue weighted by Crippen LogP contribution is 2.27. The van der Waals surface area contributed by atoms with E-state index in [-0.39, 0.29) is 0 Å². The van der Waals surface area contributed by atoms with Crippen LogP contribution in [0.5, 0.6) is 0 Å². The molecular weight excluding hydrogens is 242 g/mol. The van der Waals surface area contributed by atoms with Crippen LogP contribution in [0.4, 0.5) is 5.69 Å². The van der Waals surface area contributed by atoms with Crippen molar-refractivity contribution in [1.82, 2.24) is 0 Å². The molecular formula is C15H21NO3. The minimum atomic E-state index is -1.10. The Morgan fingerprint density at radius 2 is 1.74 bits per heavy atom. The monoisotopic (exact) mass is 263 g/mol. The van der Waals surface area contributed by atoms with Crippen LogP contribution in [0.25, 0.3) is 0 Å². The average molecular weight is 263 g/mol. The molecule has 0 aliphatic rings. The lowest BCUT2D eigenvalue weighted by atomic mass is 9.80. The zero-order valence-electron chi connectivity index (χ0n) is 11.9. The van der Waals surface area contributed by atoms with Gasteiger partial charge in [-0.3, -0.25) is 9.59 Å². The van der Waals surface area contributed by atoms with Gasteiger partial charge in [-0.15, -0.1) is 0 Å². The molecule has 0 aliphatic carbocycles. The Kier molecular flexibility index (Phi) is 4.70. The molecule has 2 N–H and O–H groups in total. The van der Waals surface area contributed by atoms with Gasteiger partial charge >= 0.3 is 5.97 Å². The van der Waals surface area contributed by atoms with Gasteiger partial charge in [0.15, 0.2) is 0 Å². The van der Waals surface area contributed by atoms with Crippen LogP contribution in [0.3, 0.4) is 0 Å². The highest BCUT2D eigenvalue weighted by Gasteiger charge is 2.37. The Morgan fingerprint density at radius 3 is 2.11 bits per heavy atom. The number of carboxylic acid groups (broad SMARTS) is 1. The first-order valence-electron chi connectivity index (χ1n) is 6.38. The zero-order chi connectivity index (χ0) is 14.6. The largest absolute Gasteiger partial charge is 0.481 e. The van der Waals surface area contributed by atoms with Gasteiger partial charge in [-0.05, 0) is 29.5 Å².